The Labute approximate surface area is 142 Å². The van der Waals surface area contributed by atoms with Crippen LogP contribution in [0.15, 0.2) is 22.7 Å². The fourth-order valence-electron chi connectivity index (χ4n) is 2.56. The van der Waals surface area contributed by atoms with Crippen LogP contribution in [0.2, 0.25) is 0 Å². The first-order valence-corrected chi connectivity index (χ1v) is 8.92. The largest absolute Gasteiger partial charge is 0.496 e. The van der Waals surface area contributed by atoms with Crippen LogP contribution in [-0.4, -0.2) is 18.0 Å². The summed E-state index contributed by atoms with van der Waals surface area (Å²) in [6, 6.07) is 5.28. The molecule has 0 atom stereocenters. The van der Waals surface area contributed by atoms with Crippen LogP contribution in [0.4, 0.5) is 5.13 Å². The van der Waals surface area contributed by atoms with Crippen LogP contribution in [-0.2, 0) is 12.8 Å². The van der Waals surface area contributed by atoms with Crippen molar-refractivity contribution in [2.24, 2.45) is 0 Å². The van der Waals surface area contributed by atoms with E-state index in [1.807, 2.05) is 0 Å². The summed E-state index contributed by atoms with van der Waals surface area (Å²) in [6.45, 7) is 0. The number of hydrogen-bond donors (Lipinski definition) is 1. The van der Waals surface area contributed by atoms with E-state index < -0.39 is 0 Å². The van der Waals surface area contributed by atoms with Crippen LogP contribution >= 0.6 is 27.3 Å². The van der Waals surface area contributed by atoms with E-state index in [1.165, 1.54) is 24.1 Å². The van der Waals surface area contributed by atoms with Crippen LogP contribution in [0.1, 0.15) is 40.2 Å². The molecule has 0 fully saturated rings. The van der Waals surface area contributed by atoms with E-state index >= 15 is 0 Å². The van der Waals surface area contributed by atoms with E-state index in [2.05, 4.69) is 26.2 Å². The third kappa shape index (κ3) is 3.33. The molecule has 0 unspecified atom stereocenters. The number of thiazole rings is 1. The summed E-state index contributed by atoms with van der Waals surface area (Å²) in [5.74, 6) is 0.560. The topological polar surface area (TPSA) is 51.2 Å². The Balaban J connectivity index is 1.75. The maximum atomic E-state index is 12.3. The number of rotatable bonds is 3. The lowest BCUT2D eigenvalue weighted by Gasteiger charge is -2.06. The van der Waals surface area contributed by atoms with Gasteiger partial charge in [-0.3, -0.25) is 10.1 Å². The molecule has 1 aromatic heterocycles. The number of amides is 1. The van der Waals surface area contributed by atoms with Crippen molar-refractivity contribution >= 4 is 38.3 Å². The molecule has 0 spiro atoms. The van der Waals surface area contributed by atoms with Crippen molar-refractivity contribution in [1.82, 2.24) is 4.98 Å². The standard InChI is InChI=1S/C16H17BrN2O2S/c1-21-13-8-7-10(9-11(13)17)15(20)19-16-18-12-5-3-2-4-6-14(12)22-16/h7-9H,2-6H2,1H3,(H,18,19,20). The van der Waals surface area contributed by atoms with E-state index in [1.54, 1.807) is 36.6 Å². The summed E-state index contributed by atoms with van der Waals surface area (Å²) in [7, 11) is 1.60. The van der Waals surface area contributed by atoms with Crippen molar-refractivity contribution in [3.05, 3.63) is 38.8 Å². The smallest absolute Gasteiger partial charge is 0.257 e. The van der Waals surface area contributed by atoms with Crippen LogP contribution in [0, 0.1) is 0 Å². The van der Waals surface area contributed by atoms with Crippen molar-refractivity contribution in [2.75, 3.05) is 12.4 Å². The number of anilines is 1. The number of hydrogen-bond acceptors (Lipinski definition) is 4. The zero-order chi connectivity index (χ0) is 15.5. The molecule has 0 bridgehead atoms. The van der Waals surface area contributed by atoms with Gasteiger partial charge in [-0.15, -0.1) is 11.3 Å². The highest BCUT2D eigenvalue weighted by molar-refractivity contribution is 9.10. The predicted molar refractivity (Wildman–Crippen MR) is 92.0 cm³/mol. The number of carbonyl (C=O) groups excluding carboxylic acids is 1. The second kappa shape index (κ2) is 6.79. The normalized spacial score (nSPS) is 14.1. The highest BCUT2D eigenvalue weighted by atomic mass is 79.9. The summed E-state index contributed by atoms with van der Waals surface area (Å²) < 4.78 is 5.94. The number of aryl methyl sites for hydroxylation is 2. The first-order valence-electron chi connectivity index (χ1n) is 7.31. The fraction of sp³-hybridized carbons (Fsp3) is 0.375. The number of nitrogens with one attached hydrogen (secondary N) is 1. The minimum absolute atomic E-state index is 0.146. The summed E-state index contributed by atoms with van der Waals surface area (Å²) in [5.41, 5.74) is 1.74. The molecule has 0 saturated heterocycles. The summed E-state index contributed by atoms with van der Waals surface area (Å²) >= 11 is 5.00. The van der Waals surface area contributed by atoms with Gasteiger partial charge in [0.1, 0.15) is 5.75 Å². The highest BCUT2D eigenvalue weighted by Gasteiger charge is 2.16. The molecule has 116 valence electrons. The molecule has 1 amide bonds. The van der Waals surface area contributed by atoms with Gasteiger partial charge in [0.15, 0.2) is 5.13 Å². The molecule has 22 heavy (non-hydrogen) atoms. The molecule has 0 aliphatic heterocycles. The number of benzene rings is 1. The SMILES string of the molecule is COc1ccc(C(=O)Nc2nc3c(s2)CCCCC3)cc1Br. The van der Waals surface area contributed by atoms with Crippen LogP contribution in [0.25, 0.3) is 0 Å². The van der Waals surface area contributed by atoms with Gasteiger partial charge in [0.25, 0.3) is 5.91 Å². The van der Waals surface area contributed by atoms with Gasteiger partial charge in [-0.25, -0.2) is 4.98 Å². The Morgan fingerprint density at radius 2 is 2.14 bits per heavy atom. The number of ether oxygens (including phenoxy) is 1. The number of methoxy groups -OCH3 is 1. The van der Waals surface area contributed by atoms with Crippen molar-refractivity contribution < 1.29 is 9.53 Å². The molecule has 1 heterocycles. The van der Waals surface area contributed by atoms with E-state index in [0.29, 0.717) is 16.4 Å². The zero-order valence-electron chi connectivity index (χ0n) is 12.3. The first-order chi connectivity index (χ1) is 10.7. The highest BCUT2D eigenvalue weighted by Crippen LogP contribution is 2.30. The number of nitrogens with zero attached hydrogens (tertiary/aromatic N) is 1. The quantitative estimate of drug-likeness (QED) is 0.800. The Hall–Kier alpha value is -1.40. The average molecular weight is 381 g/mol. The molecule has 1 aromatic carbocycles. The lowest BCUT2D eigenvalue weighted by molar-refractivity contribution is 0.102. The van der Waals surface area contributed by atoms with Crippen LogP contribution in [0.3, 0.4) is 0 Å². The predicted octanol–water partition coefficient (Wildman–Crippen LogP) is 4.44. The molecule has 0 radical (unpaired) electrons. The van der Waals surface area contributed by atoms with Gasteiger partial charge in [-0.05, 0) is 59.8 Å². The first kappa shape index (κ1) is 15.5. The van der Waals surface area contributed by atoms with Crippen LogP contribution in [0.5, 0.6) is 5.75 Å². The monoisotopic (exact) mass is 380 g/mol. The number of halogens is 1. The maximum absolute atomic E-state index is 12.3. The summed E-state index contributed by atoms with van der Waals surface area (Å²) in [4.78, 5) is 18.2. The molecule has 1 aliphatic rings. The molecule has 4 nitrogen and oxygen atoms in total. The molecule has 3 rings (SSSR count). The van der Waals surface area contributed by atoms with E-state index in [4.69, 9.17) is 4.74 Å². The van der Waals surface area contributed by atoms with Crippen LogP contribution < -0.4 is 10.1 Å². The van der Waals surface area contributed by atoms with E-state index in [0.717, 1.165) is 23.0 Å². The molecule has 0 saturated carbocycles. The van der Waals surface area contributed by atoms with Gasteiger partial charge in [0, 0.05) is 10.4 Å². The molecule has 6 heteroatoms. The Morgan fingerprint density at radius 1 is 1.32 bits per heavy atom. The zero-order valence-corrected chi connectivity index (χ0v) is 14.7. The van der Waals surface area contributed by atoms with E-state index in [9.17, 15) is 4.79 Å². The molecule has 1 aliphatic carbocycles. The number of fused-ring (bicyclic) bond motifs is 1. The molecule has 1 N–H and O–H groups in total. The summed E-state index contributed by atoms with van der Waals surface area (Å²) in [6.07, 6.45) is 5.78. The minimum Gasteiger partial charge on any atom is -0.496 e. The maximum Gasteiger partial charge on any atom is 0.257 e. The Bertz CT molecular complexity index is 676. The molecule has 2 aromatic rings. The lowest BCUT2D eigenvalue weighted by atomic mass is 10.2. The van der Waals surface area contributed by atoms with Gasteiger partial charge >= 0.3 is 0 Å². The van der Waals surface area contributed by atoms with Crippen molar-refractivity contribution in [1.29, 1.82) is 0 Å². The number of carbonyl (C=O) groups is 1. The second-order valence-electron chi connectivity index (χ2n) is 5.25. The van der Waals surface area contributed by atoms with Gasteiger partial charge in [0.05, 0.1) is 17.3 Å². The third-order valence-electron chi connectivity index (χ3n) is 3.73. The Morgan fingerprint density at radius 3 is 2.91 bits per heavy atom. The fourth-order valence-corrected chi connectivity index (χ4v) is 4.14. The van der Waals surface area contributed by atoms with Crippen molar-refractivity contribution in [2.45, 2.75) is 32.1 Å². The van der Waals surface area contributed by atoms with Crippen molar-refractivity contribution in [3.8, 4) is 5.75 Å². The van der Waals surface area contributed by atoms with Gasteiger partial charge in [-0.1, -0.05) is 6.42 Å². The minimum atomic E-state index is -0.146. The van der Waals surface area contributed by atoms with Gasteiger partial charge in [-0.2, -0.15) is 0 Å². The van der Waals surface area contributed by atoms with E-state index in [-0.39, 0.29) is 5.91 Å². The van der Waals surface area contributed by atoms with Gasteiger partial charge < -0.3 is 4.74 Å². The second-order valence-corrected chi connectivity index (χ2v) is 7.19. The lowest BCUT2D eigenvalue weighted by Crippen LogP contribution is -2.11. The summed E-state index contributed by atoms with van der Waals surface area (Å²) in [5, 5.41) is 3.61. The molecular weight excluding hydrogens is 364 g/mol. The number of aromatic nitrogens is 1. The molecular formula is C16H17BrN2O2S. The van der Waals surface area contributed by atoms with Gasteiger partial charge in [0.2, 0.25) is 0 Å². The van der Waals surface area contributed by atoms with Crippen molar-refractivity contribution in [3.63, 3.8) is 0 Å². The third-order valence-corrected chi connectivity index (χ3v) is 5.42. The Kier molecular flexibility index (Phi) is 4.78. The average Bonchev–Trinajstić information content (AvgIpc) is 2.75.